The number of carboxylic acids is 1. The lowest BCUT2D eigenvalue weighted by atomic mass is 10.2. The molecule has 1 rings (SSSR count). The summed E-state index contributed by atoms with van der Waals surface area (Å²) in [5, 5.41) is 8.89. The van der Waals surface area contributed by atoms with E-state index in [1.165, 1.54) is 10.5 Å². The summed E-state index contributed by atoms with van der Waals surface area (Å²) in [7, 11) is 0. The Labute approximate surface area is 125 Å². The van der Waals surface area contributed by atoms with Gasteiger partial charge in [-0.2, -0.15) is 0 Å². The van der Waals surface area contributed by atoms with Gasteiger partial charge in [-0.15, -0.1) is 0 Å². The standard InChI is InChI=1S/C16H23NO4/c1-4-12(3)17(10-16(19)20)15(18)11-21-14-8-6-13(5-2)7-9-14/h6-9,12H,4-5,10-11H2,1-3H3,(H,19,20). The fourth-order valence-corrected chi connectivity index (χ4v) is 1.91. The summed E-state index contributed by atoms with van der Waals surface area (Å²) in [6.45, 7) is 5.36. The van der Waals surface area contributed by atoms with Gasteiger partial charge in [-0.05, 0) is 37.5 Å². The Kier molecular flexibility index (Phi) is 6.72. The molecule has 0 bridgehead atoms. The Bertz CT molecular complexity index is 470. The van der Waals surface area contributed by atoms with E-state index in [9.17, 15) is 9.59 Å². The van der Waals surface area contributed by atoms with E-state index in [-0.39, 0.29) is 25.1 Å². The van der Waals surface area contributed by atoms with Crippen molar-refractivity contribution in [3.63, 3.8) is 0 Å². The first kappa shape index (κ1) is 17.0. The molecule has 1 aromatic carbocycles. The van der Waals surface area contributed by atoms with Crippen molar-refractivity contribution in [3.8, 4) is 5.75 Å². The number of benzene rings is 1. The van der Waals surface area contributed by atoms with Crippen LogP contribution < -0.4 is 4.74 Å². The first-order chi connectivity index (χ1) is 9.97. The number of aryl methyl sites for hydroxylation is 1. The van der Waals surface area contributed by atoms with Crippen LogP contribution in [0.5, 0.6) is 5.75 Å². The number of carbonyl (C=O) groups excluding carboxylic acids is 1. The highest BCUT2D eigenvalue weighted by atomic mass is 16.5. The largest absolute Gasteiger partial charge is 0.484 e. The third-order valence-electron chi connectivity index (χ3n) is 3.44. The number of hydrogen-bond donors (Lipinski definition) is 1. The van der Waals surface area contributed by atoms with Crippen LogP contribution in [0.4, 0.5) is 0 Å². The summed E-state index contributed by atoms with van der Waals surface area (Å²) in [6.07, 6.45) is 1.64. The minimum atomic E-state index is -1.02. The van der Waals surface area contributed by atoms with E-state index >= 15 is 0 Å². The molecule has 0 aliphatic heterocycles. The van der Waals surface area contributed by atoms with Crippen LogP contribution in [0.2, 0.25) is 0 Å². The van der Waals surface area contributed by atoms with Crippen LogP contribution in [0.1, 0.15) is 32.8 Å². The fourth-order valence-electron chi connectivity index (χ4n) is 1.91. The summed E-state index contributed by atoms with van der Waals surface area (Å²) in [6, 6.07) is 7.40. The number of carboxylic acid groups (broad SMARTS) is 1. The molecule has 0 heterocycles. The lowest BCUT2D eigenvalue weighted by Gasteiger charge is -2.26. The summed E-state index contributed by atoms with van der Waals surface area (Å²) in [5.41, 5.74) is 1.20. The Morgan fingerprint density at radius 2 is 1.86 bits per heavy atom. The Morgan fingerprint density at radius 1 is 1.24 bits per heavy atom. The number of carbonyl (C=O) groups is 2. The topological polar surface area (TPSA) is 66.8 Å². The zero-order valence-electron chi connectivity index (χ0n) is 12.8. The van der Waals surface area contributed by atoms with E-state index in [2.05, 4.69) is 6.92 Å². The zero-order valence-corrected chi connectivity index (χ0v) is 12.8. The van der Waals surface area contributed by atoms with Gasteiger partial charge in [0.25, 0.3) is 5.91 Å². The average molecular weight is 293 g/mol. The Hall–Kier alpha value is -2.04. The summed E-state index contributed by atoms with van der Waals surface area (Å²) >= 11 is 0. The maximum absolute atomic E-state index is 12.1. The molecule has 5 nitrogen and oxygen atoms in total. The van der Waals surface area contributed by atoms with Crippen LogP contribution in [0, 0.1) is 0 Å². The van der Waals surface area contributed by atoms with Gasteiger partial charge in [0.2, 0.25) is 0 Å². The maximum Gasteiger partial charge on any atom is 0.323 e. The van der Waals surface area contributed by atoms with Crippen LogP contribution in [-0.2, 0) is 16.0 Å². The molecule has 0 aliphatic rings. The zero-order chi connectivity index (χ0) is 15.8. The van der Waals surface area contributed by atoms with Gasteiger partial charge in [-0.1, -0.05) is 26.0 Å². The second-order valence-corrected chi connectivity index (χ2v) is 4.96. The third kappa shape index (κ3) is 5.45. The number of nitrogens with zero attached hydrogens (tertiary/aromatic N) is 1. The molecule has 5 heteroatoms. The molecule has 0 saturated carbocycles. The predicted molar refractivity (Wildman–Crippen MR) is 80.4 cm³/mol. The van der Waals surface area contributed by atoms with Crippen molar-refractivity contribution in [2.24, 2.45) is 0 Å². The minimum Gasteiger partial charge on any atom is -0.484 e. The highest BCUT2D eigenvalue weighted by molar-refractivity contribution is 5.82. The molecule has 1 N–H and O–H groups in total. The number of hydrogen-bond acceptors (Lipinski definition) is 3. The lowest BCUT2D eigenvalue weighted by Crippen LogP contribution is -2.44. The number of rotatable bonds is 8. The smallest absolute Gasteiger partial charge is 0.323 e. The maximum atomic E-state index is 12.1. The highest BCUT2D eigenvalue weighted by Crippen LogP contribution is 2.13. The molecule has 1 aromatic rings. The lowest BCUT2D eigenvalue weighted by molar-refractivity contribution is -0.147. The Morgan fingerprint density at radius 3 is 2.33 bits per heavy atom. The highest BCUT2D eigenvalue weighted by Gasteiger charge is 2.21. The molecule has 0 aliphatic carbocycles. The van der Waals surface area contributed by atoms with Crippen molar-refractivity contribution in [3.05, 3.63) is 29.8 Å². The van der Waals surface area contributed by atoms with Crippen LogP contribution in [0.25, 0.3) is 0 Å². The van der Waals surface area contributed by atoms with E-state index in [0.29, 0.717) is 12.2 Å². The summed E-state index contributed by atoms with van der Waals surface area (Å²) in [4.78, 5) is 24.3. The minimum absolute atomic E-state index is 0.125. The third-order valence-corrected chi connectivity index (χ3v) is 3.44. The van der Waals surface area contributed by atoms with E-state index in [4.69, 9.17) is 9.84 Å². The number of amides is 1. The van der Waals surface area contributed by atoms with Crippen LogP contribution >= 0.6 is 0 Å². The number of ether oxygens (including phenoxy) is 1. The molecule has 0 saturated heterocycles. The quantitative estimate of drug-likeness (QED) is 0.799. The first-order valence-corrected chi connectivity index (χ1v) is 7.20. The number of aliphatic carboxylic acids is 1. The van der Waals surface area contributed by atoms with E-state index in [0.717, 1.165) is 6.42 Å². The predicted octanol–water partition coefficient (Wildman–Crippen LogP) is 2.34. The summed E-state index contributed by atoms with van der Waals surface area (Å²) < 4.78 is 5.44. The van der Waals surface area contributed by atoms with Gasteiger partial charge in [-0.25, -0.2) is 0 Å². The van der Waals surface area contributed by atoms with Crippen molar-refractivity contribution < 1.29 is 19.4 Å². The van der Waals surface area contributed by atoms with Gasteiger partial charge < -0.3 is 14.7 Å². The fraction of sp³-hybridized carbons (Fsp3) is 0.500. The van der Waals surface area contributed by atoms with Crippen molar-refractivity contribution in [1.82, 2.24) is 4.90 Å². The van der Waals surface area contributed by atoms with Gasteiger partial charge in [-0.3, -0.25) is 9.59 Å². The molecular formula is C16H23NO4. The van der Waals surface area contributed by atoms with Gasteiger partial charge in [0.05, 0.1) is 0 Å². The molecule has 0 radical (unpaired) electrons. The molecule has 1 atom stereocenters. The Balaban J connectivity index is 2.61. The van der Waals surface area contributed by atoms with Crippen LogP contribution in [0.15, 0.2) is 24.3 Å². The van der Waals surface area contributed by atoms with Crippen molar-refractivity contribution in [1.29, 1.82) is 0 Å². The van der Waals surface area contributed by atoms with Crippen molar-refractivity contribution >= 4 is 11.9 Å². The van der Waals surface area contributed by atoms with Crippen molar-refractivity contribution in [2.45, 2.75) is 39.7 Å². The van der Waals surface area contributed by atoms with Gasteiger partial charge in [0, 0.05) is 6.04 Å². The van der Waals surface area contributed by atoms with E-state index in [1.54, 1.807) is 0 Å². The molecular weight excluding hydrogens is 270 g/mol. The molecule has 0 spiro atoms. The SMILES string of the molecule is CCc1ccc(OCC(=O)N(CC(=O)O)C(C)CC)cc1. The second kappa shape index (κ2) is 8.29. The van der Waals surface area contributed by atoms with Gasteiger partial charge >= 0.3 is 5.97 Å². The monoisotopic (exact) mass is 293 g/mol. The van der Waals surface area contributed by atoms with E-state index in [1.807, 2.05) is 38.1 Å². The summed E-state index contributed by atoms with van der Waals surface area (Å²) in [5.74, 6) is -0.720. The van der Waals surface area contributed by atoms with Crippen LogP contribution in [0.3, 0.4) is 0 Å². The van der Waals surface area contributed by atoms with Gasteiger partial charge in [0.15, 0.2) is 6.61 Å². The molecule has 116 valence electrons. The molecule has 1 unspecified atom stereocenters. The first-order valence-electron chi connectivity index (χ1n) is 7.20. The van der Waals surface area contributed by atoms with Crippen molar-refractivity contribution in [2.75, 3.05) is 13.2 Å². The van der Waals surface area contributed by atoms with Gasteiger partial charge in [0.1, 0.15) is 12.3 Å². The molecule has 0 fully saturated rings. The molecule has 21 heavy (non-hydrogen) atoms. The molecule has 1 amide bonds. The van der Waals surface area contributed by atoms with E-state index < -0.39 is 5.97 Å². The normalized spacial score (nSPS) is 11.8. The molecule has 0 aromatic heterocycles. The van der Waals surface area contributed by atoms with Crippen LogP contribution in [-0.4, -0.2) is 41.1 Å². The average Bonchev–Trinajstić information content (AvgIpc) is 2.49. The second-order valence-electron chi connectivity index (χ2n) is 4.96.